The fourth-order valence-electron chi connectivity index (χ4n) is 10.4. The number of aliphatic hydroxyl groups excluding tert-OH is 2. The molecule has 0 saturated heterocycles. The number of nitrogens with zero attached hydrogens (tertiary/aromatic N) is 15. The molecule has 0 spiro atoms. The minimum absolute atomic E-state index is 0. The van der Waals surface area contributed by atoms with Crippen LogP contribution in [-0.2, 0) is 48.9 Å². The van der Waals surface area contributed by atoms with Crippen LogP contribution in [0.3, 0.4) is 0 Å². The number of carbonyl (C=O) groups excluding carboxylic acids is 4. The molecule has 0 aliphatic carbocycles. The van der Waals surface area contributed by atoms with Gasteiger partial charge >= 0.3 is 7.60 Å². The highest BCUT2D eigenvalue weighted by Crippen LogP contribution is 2.41. The van der Waals surface area contributed by atoms with Crippen molar-refractivity contribution in [2.75, 3.05) is 75.0 Å². The van der Waals surface area contributed by atoms with Crippen molar-refractivity contribution in [3.8, 4) is 0 Å². The zero-order valence-electron chi connectivity index (χ0n) is 70.3. The van der Waals surface area contributed by atoms with Gasteiger partial charge in [-0.25, -0.2) is 74.8 Å². The van der Waals surface area contributed by atoms with Crippen molar-refractivity contribution in [1.29, 1.82) is 0 Å². The Bertz CT molecular complexity index is 4360. The summed E-state index contributed by atoms with van der Waals surface area (Å²) in [6, 6.07) is 12.4. The SMILES string of the molecule is C.C.C.C.C.C.C.C.C.C/C=C/c1ccc2c(n1)NCCC2.C=CC(CC)c1cnc(C)nc1.CCC(CC=O)c1cnc(C)nc1.CCC(CCO)c1cnc(C)nc1.CCCc1ccc2c(n1)NCCC2.COP(C)(=O)OC.Cc1ncc(/C=C/C=O)cn1.Cc1ncc(/C=C/CO)cn1.Cc1ncc(C=O)cn1.ClCCl.O=Cc1ccc2c(n1)NCCC2. The molecule has 3 aliphatic rings. The Kier molecular flexibility index (Phi) is 83.7. The smallest absolute Gasteiger partial charge is 0.327 e. The first-order chi connectivity index (χ1) is 56.5. The van der Waals surface area contributed by atoms with Crippen LogP contribution in [0.4, 0.5) is 17.5 Å². The molecule has 3 unspecified atom stereocenters. The van der Waals surface area contributed by atoms with Crippen LogP contribution in [0.25, 0.3) is 18.2 Å². The van der Waals surface area contributed by atoms with Crippen LogP contribution >= 0.6 is 30.8 Å². The van der Waals surface area contributed by atoms with Crippen molar-refractivity contribution in [2.45, 2.75) is 244 Å². The molecule has 27 nitrogen and oxygen atoms in total. The summed E-state index contributed by atoms with van der Waals surface area (Å²) in [5.41, 5.74) is 12.3. The van der Waals surface area contributed by atoms with E-state index in [1.165, 1.54) is 87.4 Å². The highest BCUT2D eigenvalue weighted by atomic mass is 35.5. The van der Waals surface area contributed by atoms with Gasteiger partial charge in [-0.1, -0.05) is 143 Å². The van der Waals surface area contributed by atoms with E-state index in [0.717, 1.165) is 176 Å². The average molecular weight is 1810 g/mol. The quantitative estimate of drug-likeness (QED) is 0.0138. The van der Waals surface area contributed by atoms with E-state index in [9.17, 15) is 23.7 Å². The second-order valence-electron chi connectivity index (χ2n) is 25.9. The standard InChI is InChI=1S/C11H16N2.C11H14N2.C10H16N2O.C10H14N2O.C10H14N2.C9H10N2O.C8H10N2O.C8H8N2O.C6H6N2O.C3H9O3P.CH2Cl2.9CH4/c2*1-2-4-10-7-6-9-5-3-8-12-11(9)13-10;2*1-3-9(4-5-13)10-6-11-8(2)12-7-10;1-4-9(5-2)10-6-11-8(3)12-7-10;12-6-8-4-3-7-2-1-5-10-9(7)11-8;2*1-7-9-5-8(6-10-7)3-2-4-11;1-5-7-2-6(4-9)3-8-5;1-5-7(3,4)6-2;2-1-3;;;;;;;;;/h6-7H,2-5,8H2,1H3,(H,12,13);2,4,6-7H,3,5,8H2,1H3,(H,12,13);6-7,9,13H,3-5H2,1-2H3;5-7,9H,3-4H2,1-2H3;4,6-7,9H,1,5H2,2-3H3;3-4,6H,1-2,5H2,(H,10,11);2-3,5-6,11H,4H2,1H3;2-6H,1H3;2-4H,1H3;1-3H3;1H2;9*1H4/b;4-2+;;;;;2*3-2+;;;;;;;;;;;;. The fourth-order valence-corrected chi connectivity index (χ4v) is 10.6. The Hall–Kier alpha value is -10.4. The first-order valence-electron chi connectivity index (χ1n) is 38.9. The van der Waals surface area contributed by atoms with Crippen LogP contribution in [0.5, 0.6) is 0 Å². The second-order valence-corrected chi connectivity index (χ2v) is 29.0. The molecular weight excluding hydrogens is 1650 g/mol. The van der Waals surface area contributed by atoms with E-state index in [1.54, 1.807) is 68.4 Å². The molecule has 30 heteroatoms. The Morgan fingerprint density at radius 1 is 0.484 bits per heavy atom. The highest BCUT2D eigenvalue weighted by molar-refractivity contribution is 7.52. The first kappa shape index (κ1) is 131. The number of hydrogen-bond acceptors (Lipinski definition) is 27. The minimum Gasteiger partial charge on any atom is -0.396 e. The summed E-state index contributed by atoms with van der Waals surface area (Å²) >= 11 is 9.53. The average Bonchev–Trinajstić information content (AvgIpc) is 0.855. The largest absolute Gasteiger partial charge is 0.396 e. The van der Waals surface area contributed by atoms with E-state index in [-0.39, 0.29) is 91.3 Å². The summed E-state index contributed by atoms with van der Waals surface area (Å²) in [4.78, 5) is 102. The van der Waals surface area contributed by atoms with E-state index in [2.05, 4.69) is 158 Å². The van der Waals surface area contributed by atoms with Crippen molar-refractivity contribution in [1.82, 2.24) is 74.8 Å². The number of halogens is 2. The van der Waals surface area contributed by atoms with E-state index in [0.29, 0.717) is 35.3 Å². The maximum Gasteiger partial charge on any atom is 0.327 e. The maximum atomic E-state index is 10.5. The van der Waals surface area contributed by atoms with E-state index in [4.69, 9.17) is 33.4 Å². The highest BCUT2D eigenvalue weighted by Gasteiger charge is 2.15. The van der Waals surface area contributed by atoms with Crippen LogP contribution in [0.15, 0.2) is 142 Å². The third-order valence-corrected chi connectivity index (χ3v) is 18.4. The van der Waals surface area contributed by atoms with Crippen LogP contribution in [0.1, 0.15) is 289 Å². The molecule has 3 atom stereocenters. The number of alkyl halides is 2. The number of pyridine rings is 3. The number of aldehydes is 4. The Balaban J connectivity index is -0.000000203. The van der Waals surface area contributed by atoms with Gasteiger partial charge in [-0.3, -0.25) is 18.9 Å². The van der Waals surface area contributed by atoms with Gasteiger partial charge in [0.05, 0.1) is 23.2 Å². The Labute approximate surface area is 768 Å². The molecule has 0 aromatic carbocycles. The fraction of sp³-hybridized carbons (Fsp3) is 0.469. The van der Waals surface area contributed by atoms with Crippen LogP contribution in [0, 0.1) is 41.5 Å². The summed E-state index contributed by atoms with van der Waals surface area (Å²) in [5, 5.41) is 27.3. The van der Waals surface area contributed by atoms with E-state index in [1.807, 2.05) is 90.6 Å². The molecule has 0 radical (unpaired) electrons. The van der Waals surface area contributed by atoms with Crippen molar-refractivity contribution < 1.29 is 43.0 Å². The lowest BCUT2D eigenvalue weighted by atomic mass is 9.96. The normalized spacial score (nSPS) is 11.6. The number of rotatable bonds is 22. The molecular formula is C96H155Cl2N18O9P. The number of hydrogen-bond donors (Lipinski definition) is 5. The number of aromatic nitrogens is 15. The Morgan fingerprint density at radius 2 is 0.849 bits per heavy atom. The van der Waals surface area contributed by atoms with Gasteiger partial charge in [0.25, 0.3) is 0 Å². The zero-order chi connectivity index (χ0) is 86.4. The summed E-state index contributed by atoms with van der Waals surface area (Å²) in [5.74, 6) is 8.68. The first-order valence-corrected chi connectivity index (χ1v) is 41.9. The molecule has 12 rings (SSSR count). The second kappa shape index (κ2) is 80.4. The van der Waals surface area contributed by atoms with Crippen molar-refractivity contribution in [2.24, 2.45) is 0 Å². The molecule has 9 aromatic rings. The monoisotopic (exact) mass is 1810 g/mol. The number of anilines is 3. The molecule has 12 heterocycles. The number of allylic oxidation sites excluding steroid dienone is 3. The zero-order valence-corrected chi connectivity index (χ0v) is 72.7. The van der Waals surface area contributed by atoms with Gasteiger partial charge in [-0.15, -0.1) is 29.8 Å². The minimum atomic E-state index is -2.65. The summed E-state index contributed by atoms with van der Waals surface area (Å²) in [6.07, 6.45) is 50.1. The van der Waals surface area contributed by atoms with Crippen LogP contribution in [0.2, 0.25) is 0 Å². The van der Waals surface area contributed by atoms with E-state index >= 15 is 0 Å². The Morgan fingerprint density at radius 3 is 1.18 bits per heavy atom. The molecule has 126 heavy (non-hydrogen) atoms. The van der Waals surface area contributed by atoms with E-state index < -0.39 is 7.60 Å². The molecule has 0 saturated carbocycles. The maximum absolute atomic E-state index is 10.5. The van der Waals surface area contributed by atoms with Crippen molar-refractivity contribution in [3.63, 3.8) is 0 Å². The van der Waals surface area contributed by atoms with Gasteiger partial charge in [0, 0.05) is 151 Å². The van der Waals surface area contributed by atoms with Gasteiger partial charge in [-0.2, -0.15) is 0 Å². The summed E-state index contributed by atoms with van der Waals surface area (Å²) < 4.78 is 19.3. The number of aryl methyl sites for hydroxylation is 10. The predicted octanol–water partition coefficient (Wildman–Crippen LogP) is 22.7. The summed E-state index contributed by atoms with van der Waals surface area (Å²) in [7, 11) is 0.0486. The topological polar surface area (TPSA) is 374 Å². The third kappa shape index (κ3) is 56.6. The summed E-state index contributed by atoms with van der Waals surface area (Å²) in [6.45, 7) is 30.1. The lowest BCUT2D eigenvalue weighted by molar-refractivity contribution is -0.108. The lowest BCUT2D eigenvalue weighted by Crippen LogP contribution is -2.13. The molecule has 9 aromatic heterocycles. The van der Waals surface area contributed by atoms with Crippen molar-refractivity contribution >= 4 is 91.6 Å². The van der Waals surface area contributed by atoms with Crippen LogP contribution in [-0.4, -0.2) is 169 Å². The third-order valence-electron chi connectivity index (χ3n) is 17.1. The predicted molar refractivity (Wildman–Crippen MR) is 531 cm³/mol. The molecule has 5 N–H and O–H groups in total. The number of nitrogens with one attached hydrogen (secondary N) is 3. The molecule has 702 valence electrons. The van der Waals surface area contributed by atoms with Gasteiger partial charge < -0.3 is 40.0 Å². The van der Waals surface area contributed by atoms with Gasteiger partial charge in [0.2, 0.25) is 0 Å². The lowest BCUT2D eigenvalue weighted by Gasteiger charge is -2.17. The molecule has 0 bridgehead atoms. The van der Waals surface area contributed by atoms with Crippen LogP contribution < -0.4 is 16.0 Å². The number of carbonyl (C=O) groups is 4. The van der Waals surface area contributed by atoms with Gasteiger partial charge in [0.1, 0.15) is 70.7 Å². The van der Waals surface area contributed by atoms with Gasteiger partial charge in [-0.05, 0) is 201 Å². The number of fused-ring (bicyclic) bond motifs is 3. The number of aliphatic hydroxyl groups is 2. The van der Waals surface area contributed by atoms with Gasteiger partial charge in [0.15, 0.2) is 12.6 Å². The molecule has 3 aliphatic heterocycles. The van der Waals surface area contributed by atoms with Crippen molar-refractivity contribution in [3.05, 3.63) is 244 Å². The molecule has 0 fully saturated rings. The molecule has 0 amide bonds.